The number of rotatable bonds is 5. The maximum atomic E-state index is 13.2. The average Bonchev–Trinajstić information content (AvgIpc) is 2.95. The van der Waals surface area contributed by atoms with Gasteiger partial charge in [-0.2, -0.15) is 0 Å². The number of H-pyrrole nitrogens is 1. The summed E-state index contributed by atoms with van der Waals surface area (Å²) < 4.78 is 31.5. The molecule has 9 heteroatoms. The normalized spacial score (nSPS) is 11.6. The molecule has 2 aromatic heterocycles. The summed E-state index contributed by atoms with van der Waals surface area (Å²) in [6, 6.07) is 3.16. The van der Waals surface area contributed by atoms with Gasteiger partial charge in [0.2, 0.25) is 0 Å². The smallest absolute Gasteiger partial charge is 0.407 e. The molecule has 0 aliphatic rings. The summed E-state index contributed by atoms with van der Waals surface area (Å²) in [7, 11) is 0. The molecule has 3 rings (SSSR count). The number of aromatic amines is 1. The molecule has 0 aliphatic heterocycles. The van der Waals surface area contributed by atoms with Gasteiger partial charge < -0.3 is 9.73 Å². The third-order valence-corrected chi connectivity index (χ3v) is 3.80. The van der Waals surface area contributed by atoms with Crippen molar-refractivity contribution in [3.05, 3.63) is 39.6 Å². The molecule has 25 heavy (non-hydrogen) atoms. The Morgan fingerprint density at radius 3 is 2.80 bits per heavy atom. The predicted molar refractivity (Wildman–Crippen MR) is 91.2 cm³/mol. The minimum Gasteiger partial charge on any atom is -0.407 e. The Morgan fingerprint density at radius 2 is 2.12 bits per heavy atom. The first-order valence-corrected chi connectivity index (χ1v) is 7.95. The Hall–Kier alpha value is -2.48. The van der Waals surface area contributed by atoms with E-state index in [1.165, 1.54) is 6.20 Å². The van der Waals surface area contributed by atoms with Gasteiger partial charge >= 0.3 is 5.76 Å². The zero-order valence-corrected chi connectivity index (χ0v) is 14.2. The maximum absolute atomic E-state index is 13.2. The van der Waals surface area contributed by atoms with Crippen LogP contribution in [0.3, 0.4) is 0 Å². The van der Waals surface area contributed by atoms with Crippen LogP contribution in [0.1, 0.15) is 26.0 Å². The largest absolute Gasteiger partial charge is 0.417 e. The number of oxazole rings is 1. The summed E-state index contributed by atoms with van der Waals surface area (Å²) in [5, 5.41) is 3.19. The SMILES string of the molecule is CC(C)CNc1nc(-c2ccc(Cl)c3[nH]c(=O)oc23)cnc1C(F)F. The van der Waals surface area contributed by atoms with Crippen LogP contribution in [0, 0.1) is 5.92 Å². The van der Waals surface area contributed by atoms with Crippen LogP contribution in [0.2, 0.25) is 5.02 Å². The number of hydrogen-bond acceptors (Lipinski definition) is 5. The maximum Gasteiger partial charge on any atom is 0.417 e. The van der Waals surface area contributed by atoms with Gasteiger partial charge in [-0.25, -0.2) is 23.5 Å². The number of halogens is 3. The zero-order valence-electron chi connectivity index (χ0n) is 13.4. The van der Waals surface area contributed by atoms with Gasteiger partial charge in [-0.15, -0.1) is 0 Å². The highest BCUT2D eigenvalue weighted by atomic mass is 35.5. The lowest BCUT2D eigenvalue weighted by molar-refractivity contribution is 0.146. The van der Waals surface area contributed by atoms with Crippen LogP contribution in [-0.2, 0) is 0 Å². The van der Waals surface area contributed by atoms with Crippen molar-refractivity contribution in [3.8, 4) is 11.3 Å². The number of fused-ring (bicyclic) bond motifs is 1. The van der Waals surface area contributed by atoms with Crippen LogP contribution in [0.25, 0.3) is 22.4 Å². The van der Waals surface area contributed by atoms with E-state index in [-0.39, 0.29) is 17.3 Å². The Morgan fingerprint density at radius 1 is 1.36 bits per heavy atom. The molecule has 0 atom stereocenters. The standard InChI is InChI=1S/C16H15ClF2N4O2/c1-7(2)5-21-15-12(14(18)19)20-6-10(22-15)8-3-4-9(17)11-13(8)25-16(24)23-11/h3-4,6-7,14H,5H2,1-2H3,(H,21,22)(H,23,24). The van der Waals surface area contributed by atoms with Crippen LogP contribution in [0.5, 0.6) is 0 Å². The van der Waals surface area contributed by atoms with Gasteiger partial charge in [0, 0.05) is 12.1 Å². The predicted octanol–water partition coefficient (Wildman–Crippen LogP) is 4.24. The van der Waals surface area contributed by atoms with E-state index in [2.05, 4.69) is 20.3 Å². The highest BCUT2D eigenvalue weighted by molar-refractivity contribution is 6.35. The van der Waals surface area contributed by atoms with Crippen molar-refractivity contribution in [1.29, 1.82) is 0 Å². The molecule has 1 aromatic carbocycles. The van der Waals surface area contributed by atoms with E-state index in [0.717, 1.165) is 0 Å². The van der Waals surface area contributed by atoms with Crippen LogP contribution >= 0.6 is 11.6 Å². The van der Waals surface area contributed by atoms with Crippen molar-refractivity contribution in [2.45, 2.75) is 20.3 Å². The molecule has 0 spiro atoms. The quantitative estimate of drug-likeness (QED) is 0.703. The van der Waals surface area contributed by atoms with Crippen LogP contribution in [-0.4, -0.2) is 21.5 Å². The lowest BCUT2D eigenvalue weighted by atomic mass is 10.1. The van der Waals surface area contributed by atoms with E-state index in [9.17, 15) is 13.6 Å². The molecule has 0 unspecified atom stereocenters. The first-order chi connectivity index (χ1) is 11.9. The molecule has 132 valence electrons. The lowest BCUT2D eigenvalue weighted by Gasteiger charge is -2.13. The second-order valence-corrected chi connectivity index (χ2v) is 6.29. The summed E-state index contributed by atoms with van der Waals surface area (Å²) in [6.07, 6.45) is -1.54. The number of nitrogens with one attached hydrogen (secondary N) is 2. The Balaban J connectivity index is 2.13. The monoisotopic (exact) mass is 368 g/mol. The van der Waals surface area contributed by atoms with E-state index >= 15 is 0 Å². The van der Waals surface area contributed by atoms with E-state index in [0.29, 0.717) is 28.3 Å². The van der Waals surface area contributed by atoms with E-state index in [1.54, 1.807) is 12.1 Å². The van der Waals surface area contributed by atoms with Crippen molar-refractivity contribution in [2.75, 3.05) is 11.9 Å². The molecule has 3 aromatic rings. The van der Waals surface area contributed by atoms with Gasteiger partial charge in [-0.1, -0.05) is 25.4 Å². The molecule has 0 saturated carbocycles. The van der Waals surface area contributed by atoms with E-state index in [4.69, 9.17) is 16.0 Å². The van der Waals surface area contributed by atoms with Gasteiger partial charge in [-0.05, 0) is 18.1 Å². The average molecular weight is 369 g/mol. The number of alkyl halides is 2. The molecule has 0 aliphatic carbocycles. The fourth-order valence-corrected chi connectivity index (χ4v) is 2.52. The van der Waals surface area contributed by atoms with E-state index < -0.39 is 17.9 Å². The first-order valence-electron chi connectivity index (χ1n) is 7.57. The number of benzene rings is 1. The molecule has 0 amide bonds. The third kappa shape index (κ3) is 3.48. The molecular formula is C16H15ClF2N4O2. The molecular weight excluding hydrogens is 354 g/mol. The number of hydrogen-bond donors (Lipinski definition) is 2. The number of nitrogens with zero attached hydrogens (tertiary/aromatic N) is 2. The summed E-state index contributed by atoms with van der Waals surface area (Å²) in [4.78, 5) is 22.1. The van der Waals surface area contributed by atoms with Crippen molar-refractivity contribution in [3.63, 3.8) is 0 Å². The molecule has 0 saturated heterocycles. The van der Waals surface area contributed by atoms with Crippen molar-refractivity contribution in [1.82, 2.24) is 15.0 Å². The number of anilines is 1. The zero-order chi connectivity index (χ0) is 18.1. The highest BCUT2D eigenvalue weighted by Crippen LogP contribution is 2.32. The van der Waals surface area contributed by atoms with Gasteiger partial charge in [0.15, 0.2) is 11.4 Å². The fraction of sp³-hybridized carbons (Fsp3) is 0.312. The fourth-order valence-electron chi connectivity index (χ4n) is 2.32. The van der Waals surface area contributed by atoms with Crippen molar-refractivity contribution < 1.29 is 13.2 Å². The minimum atomic E-state index is -2.76. The van der Waals surface area contributed by atoms with Crippen LogP contribution in [0.15, 0.2) is 27.5 Å². The summed E-state index contributed by atoms with van der Waals surface area (Å²) in [5.74, 6) is -0.428. The molecule has 0 bridgehead atoms. The Bertz CT molecular complexity index is 968. The highest BCUT2D eigenvalue weighted by Gasteiger charge is 2.20. The van der Waals surface area contributed by atoms with Gasteiger partial charge in [0.1, 0.15) is 11.2 Å². The van der Waals surface area contributed by atoms with Gasteiger partial charge in [-0.3, -0.25) is 4.98 Å². The van der Waals surface area contributed by atoms with Gasteiger partial charge in [0.25, 0.3) is 6.43 Å². The summed E-state index contributed by atoms with van der Waals surface area (Å²) in [5.41, 5.74) is 0.816. The van der Waals surface area contributed by atoms with Gasteiger partial charge in [0.05, 0.1) is 16.9 Å². The second kappa shape index (κ2) is 6.79. The summed E-state index contributed by atoms with van der Waals surface area (Å²) >= 11 is 6.03. The first kappa shape index (κ1) is 17.3. The van der Waals surface area contributed by atoms with Crippen molar-refractivity contribution in [2.24, 2.45) is 5.92 Å². The van der Waals surface area contributed by atoms with Crippen molar-refractivity contribution >= 4 is 28.5 Å². The van der Waals surface area contributed by atoms with Crippen LogP contribution in [0.4, 0.5) is 14.6 Å². The van der Waals surface area contributed by atoms with E-state index in [1.807, 2.05) is 13.8 Å². The molecule has 6 nitrogen and oxygen atoms in total. The second-order valence-electron chi connectivity index (χ2n) is 5.88. The molecule has 2 heterocycles. The lowest BCUT2D eigenvalue weighted by Crippen LogP contribution is -2.12. The third-order valence-electron chi connectivity index (χ3n) is 3.49. The topological polar surface area (TPSA) is 83.8 Å². The molecule has 2 N–H and O–H groups in total. The van der Waals surface area contributed by atoms with Crippen LogP contribution < -0.4 is 11.1 Å². The Labute approximate surface area is 146 Å². The molecule has 0 fully saturated rings. The molecule has 0 radical (unpaired) electrons. The summed E-state index contributed by atoms with van der Waals surface area (Å²) in [6.45, 7) is 4.36. The Kier molecular flexibility index (Phi) is 4.71. The number of aromatic nitrogens is 3. The minimum absolute atomic E-state index is 0.00202.